The summed E-state index contributed by atoms with van der Waals surface area (Å²) >= 11 is 0. The highest BCUT2D eigenvalue weighted by atomic mass is 16.3. The molecule has 2 saturated heterocycles. The quantitative estimate of drug-likeness (QED) is 0.827. The Kier molecular flexibility index (Phi) is 5.90. The van der Waals surface area contributed by atoms with E-state index in [2.05, 4.69) is 45.3 Å². The first kappa shape index (κ1) is 19.3. The predicted molar refractivity (Wildman–Crippen MR) is 112 cm³/mol. The average Bonchev–Trinajstić information content (AvgIpc) is 3.08. The van der Waals surface area contributed by atoms with E-state index in [1.807, 2.05) is 25.1 Å². The van der Waals surface area contributed by atoms with Gasteiger partial charge in [-0.15, -0.1) is 0 Å². The summed E-state index contributed by atoms with van der Waals surface area (Å²) in [6.45, 7) is 5.34. The van der Waals surface area contributed by atoms with Crippen LogP contribution in [-0.2, 0) is 0 Å². The van der Waals surface area contributed by atoms with Gasteiger partial charge in [0.2, 0.25) is 0 Å². The van der Waals surface area contributed by atoms with Gasteiger partial charge in [0.15, 0.2) is 5.82 Å². The molecule has 6 nitrogen and oxygen atoms in total. The topological polar surface area (TPSA) is 64.5 Å². The van der Waals surface area contributed by atoms with Gasteiger partial charge in [0.1, 0.15) is 5.82 Å². The molecule has 1 aromatic heterocycles. The number of hydrogen-bond acceptors (Lipinski definition) is 6. The maximum Gasteiger partial charge on any atom is 0.161 e. The lowest BCUT2D eigenvalue weighted by atomic mass is 10.0. The second-order valence-electron chi connectivity index (χ2n) is 8.19. The van der Waals surface area contributed by atoms with E-state index >= 15 is 0 Å². The number of hydrogen-bond donors (Lipinski definition) is 2. The highest BCUT2D eigenvalue weighted by molar-refractivity contribution is 5.57. The van der Waals surface area contributed by atoms with Crippen LogP contribution in [0.25, 0.3) is 11.4 Å². The Bertz CT molecular complexity index is 776. The summed E-state index contributed by atoms with van der Waals surface area (Å²) in [6, 6.07) is 13.6. The lowest BCUT2D eigenvalue weighted by molar-refractivity contribution is 0.182. The fourth-order valence-corrected chi connectivity index (χ4v) is 4.45. The van der Waals surface area contributed by atoms with Crippen molar-refractivity contribution in [3.63, 3.8) is 0 Å². The van der Waals surface area contributed by atoms with Crippen molar-refractivity contribution in [2.75, 3.05) is 38.2 Å². The van der Waals surface area contributed by atoms with Gasteiger partial charge < -0.3 is 15.3 Å². The van der Waals surface area contributed by atoms with Gasteiger partial charge in [-0.3, -0.25) is 4.90 Å². The molecule has 2 aliphatic rings. The first-order valence-corrected chi connectivity index (χ1v) is 10.4. The molecule has 6 heteroatoms. The SMILES string of the molecule is Cc1cc(N2CCC(N[C@@H]3C[C@@H](CO)N(C)C3)CC2)nc(-c2ccccc2)n1. The van der Waals surface area contributed by atoms with Gasteiger partial charge >= 0.3 is 0 Å². The van der Waals surface area contributed by atoms with E-state index in [0.29, 0.717) is 18.1 Å². The van der Waals surface area contributed by atoms with E-state index < -0.39 is 0 Å². The van der Waals surface area contributed by atoms with Crippen molar-refractivity contribution in [1.29, 1.82) is 0 Å². The molecule has 0 unspecified atom stereocenters. The second kappa shape index (κ2) is 8.55. The molecule has 2 atom stereocenters. The van der Waals surface area contributed by atoms with Crippen molar-refractivity contribution < 1.29 is 5.11 Å². The third-order valence-corrected chi connectivity index (χ3v) is 6.06. The number of likely N-dealkylation sites (tertiary alicyclic amines) is 1. The first-order valence-electron chi connectivity index (χ1n) is 10.4. The number of nitrogens with zero attached hydrogens (tertiary/aromatic N) is 4. The average molecular weight is 382 g/mol. The van der Waals surface area contributed by atoms with Crippen LogP contribution in [0.2, 0.25) is 0 Å². The zero-order valence-electron chi connectivity index (χ0n) is 16.9. The number of anilines is 1. The molecule has 3 heterocycles. The number of piperidine rings is 1. The molecule has 0 bridgehead atoms. The number of aryl methyl sites for hydroxylation is 1. The summed E-state index contributed by atoms with van der Waals surface area (Å²) in [5, 5.41) is 13.3. The van der Waals surface area contributed by atoms with Gasteiger partial charge in [0.05, 0.1) is 6.61 Å². The molecule has 2 aliphatic heterocycles. The summed E-state index contributed by atoms with van der Waals surface area (Å²) in [6.07, 6.45) is 3.28. The maximum atomic E-state index is 9.46. The lowest BCUT2D eigenvalue weighted by Crippen LogP contribution is -2.47. The van der Waals surface area contributed by atoms with Crippen LogP contribution >= 0.6 is 0 Å². The zero-order valence-corrected chi connectivity index (χ0v) is 16.9. The predicted octanol–water partition coefficient (Wildman–Crippen LogP) is 2.08. The zero-order chi connectivity index (χ0) is 19.5. The van der Waals surface area contributed by atoms with E-state index in [9.17, 15) is 5.11 Å². The van der Waals surface area contributed by atoms with Crippen molar-refractivity contribution in [3.8, 4) is 11.4 Å². The van der Waals surface area contributed by atoms with Crippen LogP contribution in [-0.4, -0.2) is 71.4 Å². The Morgan fingerprint density at radius 3 is 2.54 bits per heavy atom. The molecule has 0 saturated carbocycles. The van der Waals surface area contributed by atoms with Gasteiger partial charge in [0, 0.05) is 55.1 Å². The van der Waals surface area contributed by atoms with Crippen LogP contribution in [0, 0.1) is 6.92 Å². The Balaban J connectivity index is 1.37. The van der Waals surface area contributed by atoms with Crippen LogP contribution in [0.1, 0.15) is 25.0 Å². The molecule has 2 aromatic rings. The van der Waals surface area contributed by atoms with Gasteiger partial charge in [-0.1, -0.05) is 30.3 Å². The lowest BCUT2D eigenvalue weighted by Gasteiger charge is -2.34. The maximum absolute atomic E-state index is 9.46. The number of rotatable bonds is 5. The molecule has 2 N–H and O–H groups in total. The first-order chi connectivity index (χ1) is 13.6. The monoisotopic (exact) mass is 381 g/mol. The van der Waals surface area contributed by atoms with Crippen LogP contribution in [0.4, 0.5) is 5.82 Å². The van der Waals surface area contributed by atoms with E-state index in [1.165, 1.54) is 0 Å². The highest BCUT2D eigenvalue weighted by Crippen LogP contribution is 2.24. The summed E-state index contributed by atoms with van der Waals surface area (Å²) in [5.74, 6) is 1.84. The molecular weight excluding hydrogens is 350 g/mol. The minimum absolute atomic E-state index is 0.254. The Morgan fingerprint density at radius 1 is 1.11 bits per heavy atom. The summed E-state index contributed by atoms with van der Waals surface area (Å²) in [4.78, 5) is 14.1. The second-order valence-corrected chi connectivity index (χ2v) is 8.19. The number of aromatic nitrogens is 2. The standard InChI is InChI=1S/C22H31N5O/c1-16-12-21(25-22(23-16)17-6-4-3-5-7-17)27-10-8-18(9-11-27)24-19-13-20(15-28)26(2)14-19/h3-7,12,18-20,24,28H,8-11,13-15H2,1-2H3/t19-,20+/m1/s1. The third-order valence-electron chi connectivity index (χ3n) is 6.06. The van der Waals surface area contributed by atoms with Crippen LogP contribution in [0.15, 0.2) is 36.4 Å². The molecule has 150 valence electrons. The molecule has 0 amide bonds. The smallest absolute Gasteiger partial charge is 0.161 e. The van der Waals surface area contributed by atoms with Crippen molar-refractivity contribution in [2.45, 2.75) is 44.3 Å². The molecule has 0 radical (unpaired) electrons. The van der Waals surface area contributed by atoms with Gasteiger partial charge in [-0.05, 0) is 33.2 Å². The number of aliphatic hydroxyl groups excluding tert-OH is 1. The summed E-state index contributed by atoms with van der Waals surface area (Å²) < 4.78 is 0. The minimum Gasteiger partial charge on any atom is -0.395 e. The van der Waals surface area contributed by atoms with E-state index in [-0.39, 0.29) is 6.61 Å². The van der Waals surface area contributed by atoms with Crippen molar-refractivity contribution >= 4 is 5.82 Å². The van der Waals surface area contributed by atoms with E-state index in [4.69, 9.17) is 4.98 Å². The molecule has 2 fully saturated rings. The van der Waals surface area contributed by atoms with E-state index in [0.717, 1.165) is 61.8 Å². The largest absolute Gasteiger partial charge is 0.395 e. The van der Waals surface area contributed by atoms with Crippen LogP contribution < -0.4 is 10.2 Å². The third kappa shape index (κ3) is 4.35. The number of nitrogens with one attached hydrogen (secondary N) is 1. The number of benzene rings is 1. The van der Waals surface area contributed by atoms with Crippen molar-refractivity contribution in [2.24, 2.45) is 0 Å². The number of likely N-dealkylation sites (N-methyl/N-ethyl adjacent to an activating group) is 1. The molecule has 28 heavy (non-hydrogen) atoms. The fourth-order valence-electron chi connectivity index (χ4n) is 4.45. The van der Waals surface area contributed by atoms with E-state index in [1.54, 1.807) is 0 Å². The summed E-state index contributed by atoms with van der Waals surface area (Å²) in [5.41, 5.74) is 2.07. The van der Waals surface area contributed by atoms with Gasteiger partial charge in [0.25, 0.3) is 0 Å². The van der Waals surface area contributed by atoms with Gasteiger partial charge in [-0.25, -0.2) is 9.97 Å². The molecule has 0 aliphatic carbocycles. The van der Waals surface area contributed by atoms with Crippen molar-refractivity contribution in [3.05, 3.63) is 42.1 Å². The van der Waals surface area contributed by atoms with Crippen LogP contribution in [0.3, 0.4) is 0 Å². The Morgan fingerprint density at radius 2 is 1.86 bits per heavy atom. The number of aliphatic hydroxyl groups is 1. The normalized spacial score (nSPS) is 24.0. The summed E-state index contributed by atoms with van der Waals surface area (Å²) in [7, 11) is 2.10. The molecule has 0 spiro atoms. The Labute approximate surface area is 167 Å². The molecule has 4 rings (SSSR count). The van der Waals surface area contributed by atoms with Crippen molar-refractivity contribution in [1.82, 2.24) is 20.2 Å². The molecular formula is C22H31N5O. The van der Waals surface area contributed by atoms with Gasteiger partial charge in [-0.2, -0.15) is 0 Å². The van der Waals surface area contributed by atoms with Crippen LogP contribution in [0.5, 0.6) is 0 Å². The highest BCUT2D eigenvalue weighted by Gasteiger charge is 2.31. The Hall–Kier alpha value is -2.02. The molecule has 1 aromatic carbocycles. The fraction of sp³-hybridized carbons (Fsp3) is 0.545. The minimum atomic E-state index is 0.254.